The summed E-state index contributed by atoms with van der Waals surface area (Å²) in [6.07, 6.45) is -0.978. The van der Waals surface area contributed by atoms with E-state index in [-0.39, 0.29) is 18.3 Å². The Morgan fingerprint density at radius 2 is 1.83 bits per heavy atom. The van der Waals surface area contributed by atoms with Crippen molar-refractivity contribution in [1.29, 1.82) is 0 Å². The standard InChI is InChI=1S/C22H19F4N3O/c23-17-8-15-2-1-13(11-30)7-18(15)20(9-17)29-21-10-19(27-12-28-21)14-3-5-16(6-4-14)22(24,25)26/h3-6,8-10,12-13,30H,1-2,7,11H2,(H,27,28,29). The maximum atomic E-state index is 14.1. The average Bonchev–Trinajstić information content (AvgIpc) is 2.73. The zero-order valence-corrected chi connectivity index (χ0v) is 15.9. The fourth-order valence-electron chi connectivity index (χ4n) is 3.73. The minimum Gasteiger partial charge on any atom is -0.396 e. The molecule has 1 aliphatic rings. The number of anilines is 2. The quantitative estimate of drug-likeness (QED) is 0.577. The summed E-state index contributed by atoms with van der Waals surface area (Å²) in [6, 6.07) is 9.22. The molecule has 1 atom stereocenters. The second-order valence-electron chi connectivity index (χ2n) is 7.37. The Hall–Kier alpha value is -3.00. The lowest BCUT2D eigenvalue weighted by molar-refractivity contribution is -0.137. The Morgan fingerprint density at radius 3 is 2.53 bits per heavy atom. The van der Waals surface area contributed by atoms with E-state index in [1.54, 1.807) is 6.07 Å². The number of nitrogens with zero attached hydrogens (tertiary/aromatic N) is 2. The number of benzene rings is 2. The third-order valence-corrected chi connectivity index (χ3v) is 5.32. The lowest BCUT2D eigenvalue weighted by Gasteiger charge is -2.25. The zero-order chi connectivity index (χ0) is 21.3. The van der Waals surface area contributed by atoms with Crippen LogP contribution in [0.2, 0.25) is 0 Å². The monoisotopic (exact) mass is 417 g/mol. The number of halogens is 4. The van der Waals surface area contributed by atoms with Gasteiger partial charge in [0.15, 0.2) is 0 Å². The molecule has 4 rings (SSSR count). The highest BCUT2D eigenvalue weighted by atomic mass is 19.4. The van der Waals surface area contributed by atoms with Crippen molar-refractivity contribution in [3.63, 3.8) is 0 Å². The summed E-state index contributed by atoms with van der Waals surface area (Å²) in [5, 5.41) is 12.6. The Bertz CT molecular complexity index is 1050. The maximum absolute atomic E-state index is 14.1. The molecule has 8 heteroatoms. The number of rotatable bonds is 4. The summed E-state index contributed by atoms with van der Waals surface area (Å²) >= 11 is 0. The molecule has 156 valence electrons. The fraction of sp³-hybridized carbons (Fsp3) is 0.273. The molecule has 1 heterocycles. The van der Waals surface area contributed by atoms with Gasteiger partial charge in [0.05, 0.1) is 11.3 Å². The van der Waals surface area contributed by atoms with E-state index in [1.807, 2.05) is 0 Å². The van der Waals surface area contributed by atoms with E-state index in [0.29, 0.717) is 35.6 Å². The van der Waals surface area contributed by atoms with Crippen molar-refractivity contribution in [2.75, 3.05) is 11.9 Å². The van der Waals surface area contributed by atoms with Gasteiger partial charge in [-0.25, -0.2) is 14.4 Å². The van der Waals surface area contributed by atoms with Crippen molar-refractivity contribution < 1.29 is 22.7 Å². The first-order valence-electron chi connectivity index (χ1n) is 9.52. The lowest BCUT2D eigenvalue weighted by Crippen LogP contribution is -2.19. The normalized spacial score (nSPS) is 16.2. The van der Waals surface area contributed by atoms with Crippen molar-refractivity contribution in [2.24, 2.45) is 5.92 Å². The van der Waals surface area contributed by atoms with E-state index in [1.165, 1.54) is 30.6 Å². The van der Waals surface area contributed by atoms with Crippen molar-refractivity contribution in [3.8, 4) is 11.3 Å². The molecule has 1 aliphatic carbocycles. The Morgan fingerprint density at radius 1 is 1.07 bits per heavy atom. The van der Waals surface area contributed by atoms with Gasteiger partial charge in [0.2, 0.25) is 0 Å². The lowest BCUT2D eigenvalue weighted by atomic mass is 9.83. The van der Waals surface area contributed by atoms with Crippen LogP contribution in [-0.2, 0) is 19.0 Å². The molecule has 0 saturated heterocycles. The Kier molecular flexibility index (Phi) is 5.42. The van der Waals surface area contributed by atoms with Gasteiger partial charge in [0, 0.05) is 23.9 Å². The maximum Gasteiger partial charge on any atom is 0.416 e. The number of nitrogens with one attached hydrogen (secondary N) is 1. The van der Waals surface area contributed by atoms with Crippen LogP contribution >= 0.6 is 0 Å². The topological polar surface area (TPSA) is 58.0 Å². The second-order valence-corrected chi connectivity index (χ2v) is 7.37. The zero-order valence-electron chi connectivity index (χ0n) is 15.9. The number of aliphatic hydroxyl groups is 1. The molecule has 1 unspecified atom stereocenters. The Labute approximate surface area is 170 Å². The number of hydrogen-bond donors (Lipinski definition) is 2. The molecule has 0 aliphatic heterocycles. The van der Waals surface area contributed by atoms with Crippen LogP contribution in [0.1, 0.15) is 23.1 Å². The molecule has 0 fully saturated rings. The van der Waals surface area contributed by atoms with Crippen LogP contribution in [0.3, 0.4) is 0 Å². The molecule has 0 amide bonds. The van der Waals surface area contributed by atoms with E-state index in [9.17, 15) is 22.7 Å². The largest absolute Gasteiger partial charge is 0.416 e. The first-order chi connectivity index (χ1) is 14.3. The minimum absolute atomic E-state index is 0.0713. The van der Waals surface area contributed by atoms with Crippen LogP contribution in [-0.4, -0.2) is 21.7 Å². The summed E-state index contributed by atoms with van der Waals surface area (Å²) in [5.41, 5.74) is 2.63. The molecule has 0 bridgehead atoms. The highest BCUT2D eigenvalue weighted by molar-refractivity contribution is 5.68. The summed E-state index contributed by atoms with van der Waals surface area (Å²) in [4.78, 5) is 8.29. The van der Waals surface area contributed by atoms with Crippen molar-refractivity contribution in [3.05, 3.63) is 71.3 Å². The molecule has 4 nitrogen and oxygen atoms in total. The van der Waals surface area contributed by atoms with Gasteiger partial charge in [-0.2, -0.15) is 13.2 Å². The van der Waals surface area contributed by atoms with Crippen molar-refractivity contribution in [1.82, 2.24) is 9.97 Å². The Balaban J connectivity index is 1.62. The van der Waals surface area contributed by atoms with Crippen LogP contribution in [0.5, 0.6) is 0 Å². The van der Waals surface area contributed by atoms with Crippen molar-refractivity contribution >= 4 is 11.5 Å². The molecule has 1 aromatic heterocycles. The van der Waals surface area contributed by atoms with Gasteiger partial charge in [0.1, 0.15) is 18.0 Å². The van der Waals surface area contributed by atoms with Gasteiger partial charge in [-0.05, 0) is 60.6 Å². The summed E-state index contributed by atoms with van der Waals surface area (Å²) in [7, 11) is 0. The molecule has 2 aromatic carbocycles. The van der Waals surface area contributed by atoms with Crippen LogP contribution in [0.15, 0.2) is 48.8 Å². The molecule has 0 radical (unpaired) electrons. The van der Waals surface area contributed by atoms with Gasteiger partial charge < -0.3 is 10.4 Å². The number of alkyl halides is 3. The molecule has 2 N–H and O–H groups in total. The van der Waals surface area contributed by atoms with Crippen LogP contribution in [0.25, 0.3) is 11.3 Å². The summed E-state index contributed by atoms with van der Waals surface area (Å²) in [5.74, 6) is 0.158. The fourth-order valence-corrected chi connectivity index (χ4v) is 3.73. The first-order valence-corrected chi connectivity index (χ1v) is 9.52. The average molecular weight is 417 g/mol. The van der Waals surface area contributed by atoms with Gasteiger partial charge >= 0.3 is 6.18 Å². The molecule has 30 heavy (non-hydrogen) atoms. The van der Waals surface area contributed by atoms with E-state index in [0.717, 1.165) is 29.7 Å². The van der Waals surface area contributed by atoms with Gasteiger partial charge in [-0.15, -0.1) is 0 Å². The van der Waals surface area contributed by atoms with Crippen LogP contribution in [0, 0.1) is 11.7 Å². The SMILES string of the molecule is OCC1CCc2cc(F)cc(Nc3cc(-c4ccc(C(F)(F)F)cc4)ncn3)c2C1. The summed E-state index contributed by atoms with van der Waals surface area (Å²) in [6.45, 7) is 0.0713. The molecule has 3 aromatic rings. The van der Waals surface area contributed by atoms with E-state index < -0.39 is 11.7 Å². The highest BCUT2D eigenvalue weighted by Gasteiger charge is 2.30. The summed E-state index contributed by atoms with van der Waals surface area (Å²) < 4.78 is 52.4. The predicted octanol–water partition coefficient (Wildman–Crippen LogP) is 5.14. The van der Waals surface area contributed by atoms with E-state index in [4.69, 9.17) is 0 Å². The molecular formula is C22H19F4N3O. The number of aryl methyl sites for hydroxylation is 1. The van der Waals surface area contributed by atoms with E-state index >= 15 is 0 Å². The smallest absolute Gasteiger partial charge is 0.396 e. The van der Waals surface area contributed by atoms with Crippen molar-refractivity contribution in [2.45, 2.75) is 25.4 Å². The van der Waals surface area contributed by atoms with Crippen LogP contribution in [0.4, 0.5) is 29.1 Å². The van der Waals surface area contributed by atoms with Gasteiger partial charge in [0.25, 0.3) is 0 Å². The number of aromatic nitrogens is 2. The van der Waals surface area contributed by atoms with E-state index in [2.05, 4.69) is 15.3 Å². The highest BCUT2D eigenvalue weighted by Crippen LogP contribution is 2.34. The second kappa shape index (κ2) is 8.02. The predicted molar refractivity (Wildman–Crippen MR) is 105 cm³/mol. The molecular weight excluding hydrogens is 398 g/mol. The third-order valence-electron chi connectivity index (χ3n) is 5.32. The molecule has 0 spiro atoms. The molecule has 0 saturated carbocycles. The third kappa shape index (κ3) is 4.28. The van der Waals surface area contributed by atoms with Gasteiger partial charge in [-0.3, -0.25) is 0 Å². The van der Waals surface area contributed by atoms with Gasteiger partial charge in [-0.1, -0.05) is 12.1 Å². The number of hydrogen-bond acceptors (Lipinski definition) is 4. The minimum atomic E-state index is -4.40. The number of aliphatic hydroxyl groups excluding tert-OH is 1. The first kappa shape index (κ1) is 20.3. The van der Waals surface area contributed by atoms with Crippen LogP contribution < -0.4 is 5.32 Å². The number of fused-ring (bicyclic) bond motifs is 1.